The standard InChI is InChI=1S/C15H24N2O3/c16-9-15(3-5-19-6-4-15)14(18)17-7-10-11(8-17)13-2-1-12(10)20-13/h10-13H,1-9,16H2. The Balaban J connectivity index is 1.49. The maximum Gasteiger partial charge on any atom is 0.230 e. The summed E-state index contributed by atoms with van der Waals surface area (Å²) in [6.07, 6.45) is 4.74. The minimum Gasteiger partial charge on any atom is -0.381 e. The Morgan fingerprint density at radius 1 is 1.15 bits per heavy atom. The number of carbonyl (C=O) groups is 1. The Morgan fingerprint density at radius 3 is 2.30 bits per heavy atom. The van der Waals surface area contributed by atoms with Crippen molar-refractivity contribution in [3.63, 3.8) is 0 Å². The molecule has 4 aliphatic rings. The van der Waals surface area contributed by atoms with Crippen LogP contribution in [0.5, 0.6) is 0 Å². The van der Waals surface area contributed by atoms with Gasteiger partial charge < -0.3 is 20.1 Å². The van der Waals surface area contributed by atoms with Crippen molar-refractivity contribution >= 4 is 5.91 Å². The minimum absolute atomic E-state index is 0.275. The summed E-state index contributed by atoms with van der Waals surface area (Å²) in [6.45, 7) is 3.54. The predicted molar refractivity (Wildman–Crippen MR) is 73.0 cm³/mol. The van der Waals surface area contributed by atoms with Crippen LogP contribution >= 0.6 is 0 Å². The summed E-state index contributed by atoms with van der Waals surface area (Å²) in [5.74, 6) is 1.43. The molecule has 4 unspecified atom stereocenters. The molecule has 5 heteroatoms. The van der Waals surface area contributed by atoms with Gasteiger partial charge in [-0.3, -0.25) is 4.79 Å². The first-order chi connectivity index (χ1) is 9.73. The topological polar surface area (TPSA) is 64.8 Å². The summed E-state index contributed by atoms with van der Waals surface area (Å²) in [4.78, 5) is 15.1. The molecule has 5 nitrogen and oxygen atoms in total. The molecule has 0 aromatic carbocycles. The quantitative estimate of drug-likeness (QED) is 0.794. The Labute approximate surface area is 119 Å². The second kappa shape index (κ2) is 4.68. The van der Waals surface area contributed by atoms with E-state index >= 15 is 0 Å². The van der Waals surface area contributed by atoms with Crippen molar-refractivity contribution in [2.45, 2.75) is 37.9 Å². The monoisotopic (exact) mass is 280 g/mol. The van der Waals surface area contributed by atoms with Gasteiger partial charge in [0.05, 0.1) is 17.6 Å². The smallest absolute Gasteiger partial charge is 0.230 e. The maximum absolute atomic E-state index is 13.0. The van der Waals surface area contributed by atoms with E-state index in [9.17, 15) is 4.79 Å². The van der Waals surface area contributed by atoms with Crippen LogP contribution in [0.2, 0.25) is 0 Å². The summed E-state index contributed by atoms with van der Waals surface area (Å²) in [6, 6.07) is 0. The van der Waals surface area contributed by atoms with E-state index in [2.05, 4.69) is 4.90 Å². The molecule has 112 valence electrons. The highest BCUT2D eigenvalue weighted by molar-refractivity contribution is 5.83. The number of carbonyl (C=O) groups excluding carboxylic acids is 1. The van der Waals surface area contributed by atoms with Gasteiger partial charge in [-0.15, -0.1) is 0 Å². The van der Waals surface area contributed by atoms with Crippen LogP contribution < -0.4 is 5.73 Å². The SMILES string of the molecule is NCC1(C(=O)N2CC3C4CCC(O4)C3C2)CCOCC1. The summed E-state index contributed by atoms with van der Waals surface area (Å²) < 4.78 is 11.4. The van der Waals surface area contributed by atoms with Crippen molar-refractivity contribution < 1.29 is 14.3 Å². The summed E-state index contributed by atoms with van der Waals surface area (Å²) >= 11 is 0. The van der Waals surface area contributed by atoms with Crippen LogP contribution in [0, 0.1) is 17.3 Å². The molecule has 0 aliphatic carbocycles. The van der Waals surface area contributed by atoms with Gasteiger partial charge in [-0.2, -0.15) is 0 Å². The third kappa shape index (κ3) is 1.76. The van der Waals surface area contributed by atoms with Crippen LogP contribution in [0.4, 0.5) is 0 Å². The number of amides is 1. The lowest BCUT2D eigenvalue weighted by atomic mass is 9.79. The van der Waals surface area contributed by atoms with E-state index in [1.54, 1.807) is 0 Å². The van der Waals surface area contributed by atoms with Crippen molar-refractivity contribution in [1.82, 2.24) is 4.90 Å². The van der Waals surface area contributed by atoms with Crippen molar-refractivity contribution in [2.75, 3.05) is 32.8 Å². The second-order valence-electron chi connectivity index (χ2n) is 6.93. The van der Waals surface area contributed by atoms with Crippen LogP contribution in [-0.4, -0.2) is 55.9 Å². The predicted octanol–water partition coefficient (Wildman–Crippen LogP) is 0.378. The van der Waals surface area contributed by atoms with Gasteiger partial charge in [-0.05, 0) is 25.7 Å². The number of nitrogens with two attached hydrogens (primary N) is 1. The molecule has 4 fully saturated rings. The van der Waals surface area contributed by atoms with Crippen LogP contribution in [-0.2, 0) is 14.3 Å². The Hall–Kier alpha value is -0.650. The molecular formula is C15H24N2O3. The molecule has 0 aromatic rings. The fourth-order valence-corrected chi connectivity index (χ4v) is 4.73. The Morgan fingerprint density at radius 2 is 1.75 bits per heavy atom. The fourth-order valence-electron chi connectivity index (χ4n) is 4.73. The highest BCUT2D eigenvalue weighted by Crippen LogP contribution is 2.48. The van der Waals surface area contributed by atoms with Gasteiger partial charge in [0, 0.05) is 44.7 Å². The number of fused-ring (bicyclic) bond motifs is 5. The van der Waals surface area contributed by atoms with Crippen molar-refractivity contribution in [3.05, 3.63) is 0 Å². The first-order valence-corrected chi connectivity index (χ1v) is 7.96. The zero-order chi connectivity index (χ0) is 13.7. The van der Waals surface area contributed by atoms with Gasteiger partial charge in [0.2, 0.25) is 5.91 Å². The van der Waals surface area contributed by atoms with Crippen LogP contribution in [0.1, 0.15) is 25.7 Å². The average Bonchev–Trinajstić information content (AvgIpc) is 3.19. The van der Waals surface area contributed by atoms with E-state index in [1.165, 1.54) is 12.8 Å². The zero-order valence-corrected chi connectivity index (χ0v) is 11.9. The number of likely N-dealkylation sites (tertiary alicyclic amines) is 1. The summed E-state index contributed by atoms with van der Waals surface area (Å²) in [5.41, 5.74) is 5.60. The fraction of sp³-hybridized carbons (Fsp3) is 0.933. The molecule has 4 atom stereocenters. The molecule has 4 saturated heterocycles. The lowest BCUT2D eigenvalue weighted by Crippen LogP contribution is -2.50. The average molecular weight is 280 g/mol. The number of nitrogens with zero attached hydrogens (tertiary/aromatic N) is 1. The molecule has 1 amide bonds. The molecule has 0 radical (unpaired) electrons. The van der Waals surface area contributed by atoms with Gasteiger partial charge in [0.15, 0.2) is 0 Å². The molecule has 2 N–H and O–H groups in total. The molecule has 4 heterocycles. The van der Waals surface area contributed by atoms with E-state index in [4.69, 9.17) is 15.2 Å². The van der Waals surface area contributed by atoms with Crippen LogP contribution in [0.3, 0.4) is 0 Å². The van der Waals surface area contributed by atoms with Gasteiger partial charge in [-0.1, -0.05) is 0 Å². The van der Waals surface area contributed by atoms with Crippen molar-refractivity contribution in [2.24, 2.45) is 23.0 Å². The second-order valence-corrected chi connectivity index (χ2v) is 6.93. The number of rotatable bonds is 2. The number of hydrogen-bond donors (Lipinski definition) is 1. The Bertz CT molecular complexity index is 390. The van der Waals surface area contributed by atoms with E-state index in [-0.39, 0.29) is 11.3 Å². The van der Waals surface area contributed by atoms with E-state index in [0.29, 0.717) is 43.8 Å². The maximum atomic E-state index is 13.0. The third-order valence-corrected chi connectivity index (χ3v) is 6.03. The lowest BCUT2D eigenvalue weighted by Gasteiger charge is -2.38. The van der Waals surface area contributed by atoms with Crippen molar-refractivity contribution in [1.29, 1.82) is 0 Å². The van der Waals surface area contributed by atoms with E-state index < -0.39 is 0 Å². The van der Waals surface area contributed by atoms with Crippen LogP contribution in [0.25, 0.3) is 0 Å². The lowest BCUT2D eigenvalue weighted by molar-refractivity contribution is -0.146. The van der Waals surface area contributed by atoms with E-state index in [0.717, 1.165) is 25.9 Å². The molecular weight excluding hydrogens is 256 g/mol. The van der Waals surface area contributed by atoms with Gasteiger partial charge in [-0.25, -0.2) is 0 Å². The summed E-state index contributed by atoms with van der Waals surface area (Å²) in [7, 11) is 0. The summed E-state index contributed by atoms with van der Waals surface area (Å²) in [5, 5.41) is 0. The zero-order valence-electron chi connectivity index (χ0n) is 11.9. The van der Waals surface area contributed by atoms with Gasteiger partial charge >= 0.3 is 0 Å². The first kappa shape index (κ1) is 13.0. The highest BCUT2D eigenvalue weighted by Gasteiger charge is 2.55. The molecule has 4 rings (SSSR count). The van der Waals surface area contributed by atoms with Gasteiger partial charge in [0.25, 0.3) is 0 Å². The van der Waals surface area contributed by atoms with E-state index in [1.807, 2.05) is 0 Å². The van der Waals surface area contributed by atoms with Crippen molar-refractivity contribution in [3.8, 4) is 0 Å². The normalized spacial score (nSPS) is 42.0. The molecule has 0 saturated carbocycles. The minimum atomic E-state index is -0.364. The molecule has 20 heavy (non-hydrogen) atoms. The number of ether oxygens (including phenoxy) is 2. The van der Waals surface area contributed by atoms with Crippen LogP contribution in [0.15, 0.2) is 0 Å². The highest BCUT2D eigenvalue weighted by atomic mass is 16.5. The molecule has 4 aliphatic heterocycles. The number of hydrogen-bond acceptors (Lipinski definition) is 4. The molecule has 0 spiro atoms. The first-order valence-electron chi connectivity index (χ1n) is 7.96. The largest absolute Gasteiger partial charge is 0.381 e. The third-order valence-electron chi connectivity index (χ3n) is 6.03. The molecule has 2 bridgehead atoms. The Kier molecular flexibility index (Phi) is 3.05. The van der Waals surface area contributed by atoms with Gasteiger partial charge in [0.1, 0.15) is 0 Å². The molecule has 0 aromatic heterocycles.